The fraction of sp³-hybridized carbons (Fsp3) is 0.400. The number of carbonyl (C=O) groups excluding carboxylic acids is 1. The molecule has 0 spiro atoms. The number of rotatable bonds is 4. The molecule has 0 radical (unpaired) electrons. The second kappa shape index (κ2) is 7.02. The Morgan fingerprint density at radius 3 is 2.85 bits per heavy atom. The molecular weight excluding hydrogens is 322 g/mol. The van der Waals surface area contributed by atoms with Crippen molar-refractivity contribution in [2.75, 3.05) is 19.8 Å². The first-order valence-electron chi connectivity index (χ1n) is 6.58. The molecule has 20 heavy (non-hydrogen) atoms. The molecule has 0 unspecified atom stereocenters. The van der Waals surface area contributed by atoms with E-state index in [9.17, 15) is 9.90 Å². The number of aliphatic hydroxyl groups excluding tert-OH is 1. The second-order valence-corrected chi connectivity index (χ2v) is 5.84. The molecule has 1 aromatic rings. The fourth-order valence-corrected chi connectivity index (χ4v) is 2.59. The summed E-state index contributed by atoms with van der Waals surface area (Å²) in [5.74, 6) is -0.194. The molecule has 1 amide bonds. The first kappa shape index (κ1) is 15.2. The molecule has 1 saturated heterocycles. The minimum absolute atomic E-state index is 0.0627. The molecule has 4 nitrogen and oxygen atoms in total. The van der Waals surface area contributed by atoms with Crippen LogP contribution in [0.15, 0.2) is 34.8 Å². The van der Waals surface area contributed by atoms with Gasteiger partial charge in [0.15, 0.2) is 0 Å². The minimum atomic E-state index is -0.545. The molecule has 5 heteroatoms. The monoisotopic (exact) mass is 339 g/mol. The van der Waals surface area contributed by atoms with Crippen LogP contribution >= 0.6 is 15.9 Å². The summed E-state index contributed by atoms with van der Waals surface area (Å²) in [5, 5.41) is 12.4. The number of hydrogen-bond donors (Lipinski definition) is 2. The van der Waals surface area contributed by atoms with Crippen molar-refractivity contribution >= 4 is 27.9 Å². The summed E-state index contributed by atoms with van der Waals surface area (Å²) in [5.41, 5.74) is 0.399. The third-order valence-electron chi connectivity index (χ3n) is 3.42. The first-order valence-corrected chi connectivity index (χ1v) is 7.37. The van der Waals surface area contributed by atoms with Crippen LogP contribution < -0.4 is 5.32 Å². The van der Waals surface area contributed by atoms with E-state index in [1.807, 2.05) is 24.3 Å². The maximum Gasteiger partial charge on any atom is 0.244 e. The van der Waals surface area contributed by atoms with Crippen LogP contribution in [0.3, 0.4) is 0 Å². The van der Waals surface area contributed by atoms with Crippen LogP contribution in [0.2, 0.25) is 0 Å². The minimum Gasteiger partial charge on any atom is -0.394 e. The highest BCUT2D eigenvalue weighted by Gasteiger charge is 2.32. The molecule has 2 N–H and O–H groups in total. The van der Waals surface area contributed by atoms with E-state index >= 15 is 0 Å². The standard InChI is InChI=1S/C15H18BrNO3/c16-13-3-1-2-12(10-13)4-5-14(19)17-15(11-18)6-8-20-9-7-15/h1-5,10,18H,6-9,11H2,(H,17,19)/b5-4+. The van der Waals surface area contributed by atoms with Crippen molar-refractivity contribution in [3.8, 4) is 0 Å². The van der Waals surface area contributed by atoms with Crippen molar-refractivity contribution in [2.24, 2.45) is 0 Å². The van der Waals surface area contributed by atoms with E-state index in [1.165, 1.54) is 6.08 Å². The predicted octanol–water partition coefficient (Wildman–Crippen LogP) is 2.12. The number of nitrogens with one attached hydrogen (secondary N) is 1. The number of aliphatic hydroxyl groups is 1. The summed E-state index contributed by atoms with van der Waals surface area (Å²) in [7, 11) is 0. The van der Waals surface area contributed by atoms with Gasteiger partial charge < -0.3 is 15.2 Å². The van der Waals surface area contributed by atoms with Gasteiger partial charge in [-0.1, -0.05) is 28.1 Å². The number of hydrogen-bond acceptors (Lipinski definition) is 3. The predicted molar refractivity (Wildman–Crippen MR) is 81.2 cm³/mol. The van der Waals surface area contributed by atoms with Gasteiger partial charge in [0.25, 0.3) is 0 Å². The summed E-state index contributed by atoms with van der Waals surface area (Å²) in [6, 6.07) is 7.69. The molecule has 0 bridgehead atoms. The van der Waals surface area contributed by atoms with E-state index in [0.29, 0.717) is 26.1 Å². The van der Waals surface area contributed by atoms with Crippen LogP contribution in [0.1, 0.15) is 18.4 Å². The maximum atomic E-state index is 12.0. The highest BCUT2D eigenvalue weighted by Crippen LogP contribution is 2.20. The fourth-order valence-electron chi connectivity index (χ4n) is 2.17. The van der Waals surface area contributed by atoms with Crippen molar-refractivity contribution in [3.63, 3.8) is 0 Å². The van der Waals surface area contributed by atoms with Crippen LogP contribution in [0, 0.1) is 0 Å². The van der Waals surface area contributed by atoms with E-state index in [-0.39, 0.29) is 12.5 Å². The summed E-state index contributed by atoms with van der Waals surface area (Å²) >= 11 is 3.39. The third-order valence-corrected chi connectivity index (χ3v) is 3.91. The molecule has 1 aromatic carbocycles. The van der Waals surface area contributed by atoms with Crippen molar-refractivity contribution < 1.29 is 14.6 Å². The van der Waals surface area contributed by atoms with Gasteiger partial charge in [-0.2, -0.15) is 0 Å². The zero-order valence-corrected chi connectivity index (χ0v) is 12.7. The van der Waals surface area contributed by atoms with E-state index in [2.05, 4.69) is 21.2 Å². The van der Waals surface area contributed by atoms with Crippen LogP contribution in [-0.4, -0.2) is 36.4 Å². The molecule has 1 aliphatic heterocycles. The van der Waals surface area contributed by atoms with E-state index in [0.717, 1.165) is 10.0 Å². The molecule has 0 aliphatic carbocycles. The number of halogens is 1. The Balaban J connectivity index is 1.97. The van der Waals surface area contributed by atoms with Gasteiger partial charge in [-0.3, -0.25) is 4.79 Å². The number of ether oxygens (including phenoxy) is 1. The quantitative estimate of drug-likeness (QED) is 0.826. The van der Waals surface area contributed by atoms with Crippen LogP contribution in [0.4, 0.5) is 0 Å². The average molecular weight is 340 g/mol. The van der Waals surface area contributed by atoms with Gasteiger partial charge in [-0.15, -0.1) is 0 Å². The van der Waals surface area contributed by atoms with Crippen molar-refractivity contribution in [1.82, 2.24) is 5.32 Å². The van der Waals surface area contributed by atoms with Crippen LogP contribution in [0.25, 0.3) is 6.08 Å². The smallest absolute Gasteiger partial charge is 0.244 e. The Labute approximate surface area is 127 Å². The topological polar surface area (TPSA) is 58.6 Å². The van der Waals surface area contributed by atoms with Crippen molar-refractivity contribution in [2.45, 2.75) is 18.4 Å². The summed E-state index contributed by atoms with van der Waals surface area (Å²) < 4.78 is 6.23. The molecule has 0 atom stereocenters. The second-order valence-electron chi connectivity index (χ2n) is 4.93. The molecular formula is C15H18BrNO3. The maximum absolute atomic E-state index is 12.0. The highest BCUT2D eigenvalue weighted by molar-refractivity contribution is 9.10. The summed E-state index contributed by atoms with van der Waals surface area (Å²) in [6.45, 7) is 1.07. The van der Waals surface area contributed by atoms with Gasteiger partial charge in [0.2, 0.25) is 5.91 Å². The third kappa shape index (κ3) is 4.16. The Hall–Kier alpha value is -1.17. The van der Waals surface area contributed by atoms with Gasteiger partial charge in [-0.25, -0.2) is 0 Å². The van der Waals surface area contributed by atoms with Gasteiger partial charge in [0.1, 0.15) is 0 Å². The van der Waals surface area contributed by atoms with Gasteiger partial charge in [0, 0.05) is 23.8 Å². The first-order chi connectivity index (χ1) is 9.63. The van der Waals surface area contributed by atoms with E-state index < -0.39 is 5.54 Å². The molecule has 0 saturated carbocycles. The van der Waals surface area contributed by atoms with Crippen LogP contribution in [0.5, 0.6) is 0 Å². The summed E-state index contributed by atoms with van der Waals surface area (Å²) in [6.07, 6.45) is 4.53. The Morgan fingerprint density at radius 2 is 2.20 bits per heavy atom. The number of benzene rings is 1. The molecule has 108 valence electrons. The normalized spacial score (nSPS) is 18.1. The Bertz CT molecular complexity index is 496. The lowest BCUT2D eigenvalue weighted by atomic mass is 9.91. The van der Waals surface area contributed by atoms with Crippen LogP contribution in [-0.2, 0) is 9.53 Å². The van der Waals surface area contributed by atoms with E-state index in [4.69, 9.17) is 4.74 Å². The SMILES string of the molecule is O=C(/C=C/c1cccc(Br)c1)NC1(CO)CCOCC1. The average Bonchev–Trinajstić information content (AvgIpc) is 2.46. The van der Waals surface area contributed by atoms with Gasteiger partial charge >= 0.3 is 0 Å². The molecule has 1 aliphatic rings. The van der Waals surface area contributed by atoms with Gasteiger partial charge in [0.05, 0.1) is 12.1 Å². The molecule has 2 rings (SSSR count). The molecule has 0 aromatic heterocycles. The lowest BCUT2D eigenvalue weighted by molar-refractivity contribution is -0.120. The van der Waals surface area contributed by atoms with Gasteiger partial charge in [-0.05, 0) is 36.6 Å². The lowest BCUT2D eigenvalue weighted by Crippen LogP contribution is -2.54. The number of carbonyl (C=O) groups is 1. The Kier molecular flexibility index (Phi) is 5.34. The lowest BCUT2D eigenvalue weighted by Gasteiger charge is -2.35. The summed E-state index contributed by atoms with van der Waals surface area (Å²) in [4.78, 5) is 12.0. The number of amides is 1. The Morgan fingerprint density at radius 1 is 1.45 bits per heavy atom. The van der Waals surface area contributed by atoms with E-state index in [1.54, 1.807) is 6.08 Å². The highest BCUT2D eigenvalue weighted by atomic mass is 79.9. The molecule has 1 heterocycles. The molecule has 1 fully saturated rings. The van der Waals surface area contributed by atoms with Crippen molar-refractivity contribution in [3.05, 3.63) is 40.4 Å². The zero-order valence-electron chi connectivity index (χ0n) is 11.1. The largest absolute Gasteiger partial charge is 0.394 e. The zero-order chi connectivity index (χ0) is 14.4. The van der Waals surface area contributed by atoms with Crippen molar-refractivity contribution in [1.29, 1.82) is 0 Å².